The molecule has 5 aromatic rings. The molecule has 5 aliphatic rings. The van der Waals surface area contributed by atoms with Crippen LogP contribution in [0.5, 0.6) is 0 Å². The second-order valence-corrected chi connectivity index (χ2v) is 17.3. The maximum Gasteiger partial charge on any atom is 0.258 e. The van der Waals surface area contributed by atoms with Gasteiger partial charge in [-0.25, -0.2) is 8.78 Å². The Balaban J connectivity index is 0.782. The summed E-state index contributed by atoms with van der Waals surface area (Å²) in [4.78, 5) is 58.0. The molecule has 13 nitrogen and oxygen atoms in total. The van der Waals surface area contributed by atoms with Crippen molar-refractivity contribution in [2.45, 2.75) is 75.5 Å². The molecule has 0 bridgehead atoms. The van der Waals surface area contributed by atoms with E-state index in [-0.39, 0.29) is 30.2 Å². The SMILES string of the molecule is O=C1CCC(N2Cc3cc(C4CN(C5CCN(c6ccc(C(=O)Nc7n[nH]c8ccc(Cc9cc(F)cc(F)c9)cc78)c(NC7CCOCC7)c6)CC5)C4)ccc3C2=O)C(=O)N1. The number of piperidine rings is 2. The summed E-state index contributed by atoms with van der Waals surface area (Å²) in [5, 5.41) is 17.1. The summed E-state index contributed by atoms with van der Waals surface area (Å²) < 4.78 is 33.4. The summed E-state index contributed by atoms with van der Waals surface area (Å²) in [6.07, 6.45) is 4.60. The number of carbonyl (C=O) groups is 4. The van der Waals surface area contributed by atoms with E-state index in [1.54, 1.807) is 4.90 Å². The first-order valence-electron chi connectivity index (χ1n) is 21.6. The van der Waals surface area contributed by atoms with Crippen LogP contribution in [0.1, 0.15) is 87.4 Å². The highest BCUT2D eigenvalue weighted by atomic mass is 19.1. The fourth-order valence-corrected chi connectivity index (χ4v) is 9.86. The van der Waals surface area contributed by atoms with E-state index in [4.69, 9.17) is 4.74 Å². The van der Waals surface area contributed by atoms with Crippen LogP contribution in [-0.4, -0.2) is 101 Å². The first-order chi connectivity index (χ1) is 30.1. The number of hydrogen-bond donors (Lipinski definition) is 4. The van der Waals surface area contributed by atoms with Crippen LogP contribution >= 0.6 is 0 Å². The van der Waals surface area contributed by atoms with Crippen molar-refractivity contribution in [2.75, 3.05) is 54.9 Å². The highest BCUT2D eigenvalue weighted by Gasteiger charge is 2.40. The van der Waals surface area contributed by atoms with Crippen molar-refractivity contribution >= 4 is 51.7 Å². The number of aromatic amines is 1. The summed E-state index contributed by atoms with van der Waals surface area (Å²) in [5.41, 5.74) is 7.17. The van der Waals surface area contributed by atoms with Gasteiger partial charge < -0.3 is 25.2 Å². The lowest BCUT2D eigenvalue weighted by molar-refractivity contribution is -0.136. The normalized spacial score (nSPS) is 20.4. The van der Waals surface area contributed by atoms with Gasteiger partial charge in [0, 0.05) is 98.8 Å². The van der Waals surface area contributed by atoms with E-state index in [2.05, 4.69) is 54.1 Å². The van der Waals surface area contributed by atoms with Gasteiger partial charge in [0.05, 0.1) is 11.1 Å². The maximum atomic E-state index is 14.0. The molecule has 0 saturated carbocycles. The third-order valence-corrected chi connectivity index (χ3v) is 13.3. The number of fused-ring (bicyclic) bond motifs is 2. The quantitative estimate of drug-likeness (QED) is 0.122. The molecule has 62 heavy (non-hydrogen) atoms. The van der Waals surface area contributed by atoms with E-state index in [0.29, 0.717) is 72.5 Å². The number of nitrogens with one attached hydrogen (secondary N) is 4. The number of carbonyl (C=O) groups excluding carboxylic acids is 4. The molecule has 15 heteroatoms. The Morgan fingerprint density at radius 1 is 0.855 bits per heavy atom. The Morgan fingerprint density at radius 2 is 1.65 bits per heavy atom. The predicted molar refractivity (Wildman–Crippen MR) is 229 cm³/mol. The molecule has 5 aliphatic heterocycles. The van der Waals surface area contributed by atoms with Gasteiger partial charge in [0.25, 0.3) is 11.8 Å². The van der Waals surface area contributed by atoms with Gasteiger partial charge in [-0.3, -0.25) is 34.5 Å². The zero-order chi connectivity index (χ0) is 42.5. The van der Waals surface area contributed by atoms with Gasteiger partial charge >= 0.3 is 0 Å². The Labute approximate surface area is 357 Å². The number of halogens is 2. The first kappa shape index (κ1) is 39.9. The predicted octanol–water partition coefficient (Wildman–Crippen LogP) is 6.10. The molecule has 320 valence electrons. The summed E-state index contributed by atoms with van der Waals surface area (Å²) >= 11 is 0. The number of ether oxygens (including phenoxy) is 1. The Bertz CT molecular complexity index is 2560. The van der Waals surface area contributed by atoms with Crippen molar-refractivity contribution in [1.29, 1.82) is 0 Å². The molecule has 4 N–H and O–H groups in total. The number of H-pyrrole nitrogens is 1. The molecular weight excluding hydrogens is 795 g/mol. The fourth-order valence-electron chi connectivity index (χ4n) is 9.86. The molecule has 1 aromatic heterocycles. The van der Waals surface area contributed by atoms with Crippen LogP contribution in [0.15, 0.2) is 72.8 Å². The number of nitrogens with zero attached hydrogens (tertiary/aromatic N) is 4. The second kappa shape index (κ2) is 16.6. The lowest BCUT2D eigenvalue weighted by Crippen LogP contribution is -2.54. The maximum absolute atomic E-state index is 14.0. The Morgan fingerprint density at radius 3 is 2.42 bits per heavy atom. The summed E-state index contributed by atoms with van der Waals surface area (Å²) in [5.74, 6) is -1.64. The van der Waals surface area contributed by atoms with E-state index >= 15 is 0 Å². The summed E-state index contributed by atoms with van der Waals surface area (Å²) in [6, 6.07) is 21.2. The molecule has 4 saturated heterocycles. The Hall–Kier alpha value is -6.19. The van der Waals surface area contributed by atoms with Gasteiger partial charge in [0.15, 0.2) is 5.82 Å². The van der Waals surface area contributed by atoms with Crippen molar-refractivity contribution in [3.05, 3.63) is 118 Å². The van der Waals surface area contributed by atoms with Crippen LogP contribution in [0.4, 0.5) is 26.0 Å². The van der Waals surface area contributed by atoms with Crippen LogP contribution in [-0.2, 0) is 27.3 Å². The van der Waals surface area contributed by atoms with Crippen molar-refractivity contribution in [3.8, 4) is 0 Å². The fraction of sp³-hybridized carbons (Fsp3) is 0.383. The van der Waals surface area contributed by atoms with Crippen molar-refractivity contribution < 1.29 is 32.7 Å². The molecule has 4 amide bonds. The van der Waals surface area contributed by atoms with Crippen LogP contribution in [0, 0.1) is 11.6 Å². The third-order valence-electron chi connectivity index (χ3n) is 13.3. The zero-order valence-electron chi connectivity index (χ0n) is 34.2. The molecule has 1 unspecified atom stereocenters. The highest BCUT2D eigenvalue weighted by molar-refractivity contribution is 6.11. The molecule has 4 aromatic carbocycles. The van der Waals surface area contributed by atoms with E-state index in [1.807, 2.05) is 36.4 Å². The van der Waals surface area contributed by atoms with E-state index in [9.17, 15) is 28.0 Å². The average molecular weight is 843 g/mol. The summed E-state index contributed by atoms with van der Waals surface area (Å²) in [6.45, 7) is 5.37. The lowest BCUT2D eigenvalue weighted by atomic mass is 9.86. The van der Waals surface area contributed by atoms with E-state index in [1.165, 1.54) is 17.7 Å². The van der Waals surface area contributed by atoms with Crippen LogP contribution < -0.4 is 20.9 Å². The molecule has 0 aliphatic carbocycles. The van der Waals surface area contributed by atoms with Crippen molar-refractivity contribution in [2.24, 2.45) is 0 Å². The zero-order valence-corrected chi connectivity index (χ0v) is 34.2. The van der Waals surface area contributed by atoms with Crippen molar-refractivity contribution in [3.63, 3.8) is 0 Å². The second-order valence-electron chi connectivity index (χ2n) is 17.3. The van der Waals surface area contributed by atoms with E-state index < -0.39 is 23.6 Å². The van der Waals surface area contributed by atoms with Gasteiger partial charge in [-0.05, 0) is 109 Å². The lowest BCUT2D eigenvalue weighted by Gasteiger charge is -2.48. The van der Waals surface area contributed by atoms with Gasteiger partial charge in [-0.1, -0.05) is 18.2 Å². The molecule has 6 heterocycles. The minimum atomic E-state index is -0.628. The topological polar surface area (TPSA) is 152 Å². The number of benzene rings is 4. The number of hydrogen-bond acceptors (Lipinski definition) is 9. The van der Waals surface area contributed by atoms with Crippen molar-refractivity contribution in [1.82, 2.24) is 25.3 Å². The number of anilines is 3. The molecule has 4 fully saturated rings. The van der Waals surface area contributed by atoms with Crippen LogP contribution in [0.3, 0.4) is 0 Å². The minimum absolute atomic E-state index is 0.147. The monoisotopic (exact) mass is 842 g/mol. The first-order valence-corrected chi connectivity index (χ1v) is 21.6. The highest BCUT2D eigenvalue weighted by Crippen LogP contribution is 2.37. The molecule has 0 spiro atoms. The standard InChI is InChI=1S/C47H48F2N8O5/c48-32-18-28(19-33(49)22-32)17-27-1-6-40-39(20-27)44(54-53-40)52-45(59)38-5-3-36(23-41(38)50-34-11-15-62-16-12-34)55-13-9-35(10-14-55)56-24-31(25-56)29-2-4-37-30(21-29)26-57(47(37)61)42-7-8-43(58)51-46(42)60/h1-6,18-23,31,34-35,42,50H,7-17,24-26H2,(H,51,58,60)(H2,52,53,54,59). The molecular formula is C47H48F2N8O5. The van der Waals surface area contributed by atoms with Gasteiger partial charge in [-0.2, -0.15) is 5.10 Å². The number of rotatable bonds is 10. The minimum Gasteiger partial charge on any atom is -0.381 e. The smallest absolute Gasteiger partial charge is 0.258 e. The molecule has 0 radical (unpaired) electrons. The number of imide groups is 1. The van der Waals surface area contributed by atoms with E-state index in [0.717, 1.165) is 85.9 Å². The largest absolute Gasteiger partial charge is 0.381 e. The third kappa shape index (κ3) is 8.02. The number of amides is 4. The number of likely N-dealkylation sites (tertiary alicyclic amines) is 1. The molecule has 1 atom stereocenters. The van der Waals surface area contributed by atoms with Crippen LogP contribution in [0.25, 0.3) is 10.9 Å². The Kier molecular flexibility index (Phi) is 10.7. The number of aromatic nitrogens is 2. The van der Waals surface area contributed by atoms with Gasteiger partial charge in [0.1, 0.15) is 17.7 Å². The van der Waals surface area contributed by atoms with Crippen LogP contribution in [0.2, 0.25) is 0 Å². The average Bonchev–Trinajstić information content (AvgIpc) is 3.79. The van der Waals surface area contributed by atoms with Gasteiger partial charge in [-0.15, -0.1) is 0 Å². The summed E-state index contributed by atoms with van der Waals surface area (Å²) in [7, 11) is 0. The van der Waals surface area contributed by atoms with Gasteiger partial charge in [0.2, 0.25) is 11.8 Å². The molecule has 10 rings (SSSR count).